The summed E-state index contributed by atoms with van der Waals surface area (Å²) in [6.07, 6.45) is 3.37. The highest BCUT2D eigenvalue weighted by atomic mass is 16.5. The molecule has 1 heteroatoms. The molecule has 0 aliphatic carbocycles. The highest BCUT2D eigenvalue weighted by Crippen LogP contribution is 2.37. The van der Waals surface area contributed by atoms with E-state index in [1.54, 1.807) is 0 Å². The fraction of sp³-hybridized carbons (Fsp3) is 1.00. The lowest BCUT2D eigenvalue weighted by Gasteiger charge is -2.39. The summed E-state index contributed by atoms with van der Waals surface area (Å²) in [7, 11) is 0. The summed E-state index contributed by atoms with van der Waals surface area (Å²) in [4.78, 5) is 0. The molecule has 2 unspecified atom stereocenters. The van der Waals surface area contributed by atoms with E-state index in [9.17, 15) is 0 Å². The standard InChI is InChI=1S/C11H22O/c1-8-6-10(11(3,4)5)7-9(2)12-8/h8-10H,6-7H2,1-5H3. The monoisotopic (exact) mass is 170 g/mol. The lowest BCUT2D eigenvalue weighted by molar-refractivity contribution is -0.0734. The second kappa shape index (κ2) is 3.37. The Kier molecular flexibility index (Phi) is 2.82. The Bertz CT molecular complexity index is 136. The van der Waals surface area contributed by atoms with Crippen molar-refractivity contribution in [1.29, 1.82) is 0 Å². The summed E-state index contributed by atoms with van der Waals surface area (Å²) in [6.45, 7) is 11.4. The highest BCUT2D eigenvalue weighted by Gasteiger charge is 2.32. The van der Waals surface area contributed by atoms with Crippen LogP contribution in [0.4, 0.5) is 0 Å². The molecule has 0 N–H and O–H groups in total. The summed E-state index contributed by atoms with van der Waals surface area (Å²) in [5.41, 5.74) is 0.451. The van der Waals surface area contributed by atoms with E-state index in [0.717, 1.165) is 5.92 Å². The van der Waals surface area contributed by atoms with Crippen LogP contribution in [0.2, 0.25) is 0 Å². The van der Waals surface area contributed by atoms with Gasteiger partial charge < -0.3 is 4.74 Å². The van der Waals surface area contributed by atoms with E-state index in [2.05, 4.69) is 34.6 Å². The van der Waals surface area contributed by atoms with Gasteiger partial charge in [-0.3, -0.25) is 0 Å². The van der Waals surface area contributed by atoms with E-state index in [1.807, 2.05) is 0 Å². The van der Waals surface area contributed by atoms with Crippen molar-refractivity contribution < 1.29 is 4.74 Å². The van der Waals surface area contributed by atoms with Crippen LogP contribution in [0.15, 0.2) is 0 Å². The molecular weight excluding hydrogens is 148 g/mol. The molecule has 0 aromatic carbocycles. The average Bonchev–Trinajstić information content (AvgIpc) is 1.82. The maximum atomic E-state index is 5.71. The maximum absolute atomic E-state index is 5.71. The Morgan fingerprint density at radius 1 is 1.00 bits per heavy atom. The van der Waals surface area contributed by atoms with Crippen molar-refractivity contribution in [2.24, 2.45) is 11.3 Å². The largest absolute Gasteiger partial charge is 0.376 e. The fourth-order valence-electron chi connectivity index (χ4n) is 2.11. The van der Waals surface area contributed by atoms with Crippen molar-refractivity contribution in [1.82, 2.24) is 0 Å². The predicted molar refractivity (Wildman–Crippen MR) is 52.2 cm³/mol. The van der Waals surface area contributed by atoms with Crippen LogP contribution in [-0.2, 0) is 4.74 Å². The van der Waals surface area contributed by atoms with E-state index < -0.39 is 0 Å². The van der Waals surface area contributed by atoms with Crippen LogP contribution in [0.25, 0.3) is 0 Å². The number of ether oxygens (including phenoxy) is 1. The third-order valence-electron chi connectivity index (χ3n) is 2.92. The van der Waals surface area contributed by atoms with Crippen molar-refractivity contribution in [2.45, 2.75) is 59.7 Å². The topological polar surface area (TPSA) is 9.23 Å². The minimum Gasteiger partial charge on any atom is -0.376 e. The van der Waals surface area contributed by atoms with E-state index in [4.69, 9.17) is 4.74 Å². The summed E-state index contributed by atoms with van der Waals surface area (Å²) >= 11 is 0. The smallest absolute Gasteiger partial charge is 0.0553 e. The van der Waals surface area contributed by atoms with Gasteiger partial charge in [0, 0.05) is 0 Å². The minimum atomic E-state index is 0.451. The van der Waals surface area contributed by atoms with Crippen LogP contribution >= 0.6 is 0 Å². The molecular formula is C11H22O. The van der Waals surface area contributed by atoms with Gasteiger partial charge in [0.15, 0.2) is 0 Å². The van der Waals surface area contributed by atoms with Gasteiger partial charge in [-0.1, -0.05) is 20.8 Å². The second-order valence-electron chi connectivity index (χ2n) is 5.29. The first-order chi connectivity index (χ1) is 5.39. The molecule has 0 bridgehead atoms. The Morgan fingerprint density at radius 3 is 1.75 bits per heavy atom. The first-order valence-corrected chi connectivity index (χ1v) is 5.05. The van der Waals surface area contributed by atoms with Crippen molar-refractivity contribution in [3.63, 3.8) is 0 Å². The quantitative estimate of drug-likeness (QED) is 0.542. The van der Waals surface area contributed by atoms with E-state index in [1.165, 1.54) is 12.8 Å². The van der Waals surface area contributed by atoms with Gasteiger partial charge in [0.05, 0.1) is 12.2 Å². The molecule has 0 spiro atoms. The number of hydrogen-bond acceptors (Lipinski definition) is 1. The number of rotatable bonds is 0. The molecule has 0 saturated carbocycles. The predicted octanol–water partition coefficient (Wildman–Crippen LogP) is 3.24. The van der Waals surface area contributed by atoms with Crippen LogP contribution in [0.3, 0.4) is 0 Å². The third-order valence-corrected chi connectivity index (χ3v) is 2.92. The zero-order valence-corrected chi connectivity index (χ0v) is 9.05. The van der Waals surface area contributed by atoms with Gasteiger partial charge >= 0.3 is 0 Å². The molecule has 0 aromatic rings. The van der Waals surface area contributed by atoms with E-state index in [-0.39, 0.29) is 0 Å². The van der Waals surface area contributed by atoms with Crippen molar-refractivity contribution in [2.75, 3.05) is 0 Å². The summed E-state index contributed by atoms with van der Waals surface area (Å²) < 4.78 is 5.71. The zero-order chi connectivity index (χ0) is 9.35. The van der Waals surface area contributed by atoms with Crippen LogP contribution in [-0.4, -0.2) is 12.2 Å². The summed E-state index contributed by atoms with van der Waals surface area (Å²) in [5, 5.41) is 0. The van der Waals surface area contributed by atoms with Crippen molar-refractivity contribution >= 4 is 0 Å². The van der Waals surface area contributed by atoms with Gasteiger partial charge in [-0.05, 0) is 38.0 Å². The molecule has 1 aliphatic rings. The molecule has 1 heterocycles. The molecule has 72 valence electrons. The molecule has 1 nitrogen and oxygen atoms in total. The van der Waals surface area contributed by atoms with Gasteiger partial charge in [0.25, 0.3) is 0 Å². The van der Waals surface area contributed by atoms with Gasteiger partial charge in [-0.15, -0.1) is 0 Å². The molecule has 2 atom stereocenters. The lowest BCUT2D eigenvalue weighted by atomic mass is 9.74. The van der Waals surface area contributed by atoms with Gasteiger partial charge in [0.1, 0.15) is 0 Å². The molecule has 1 fully saturated rings. The molecule has 0 amide bonds. The number of hydrogen-bond donors (Lipinski definition) is 0. The third kappa shape index (κ3) is 2.48. The van der Waals surface area contributed by atoms with Gasteiger partial charge in [-0.2, -0.15) is 0 Å². The Balaban J connectivity index is 2.55. The van der Waals surface area contributed by atoms with Crippen LogP contribution in [0.1, 0.15) is 47.5 Å². The van der Waals surface area contributed by atoms with Gasteiger partial charge in [-0.25, -0.2) is 0 Å². The molecule has 1 rings (SSSR count). The Morgan fingerprint density at radius 2 is 1.42 bits per heavy atom. The van der Waals surface area contributed by atoms with Crippen LogP contribution < -0.4 is 0 Å². The second-order valence-corrected chi connectivity index (χ2v) is 5.29. The first kappa shape index (κ1) is 10.0. The zero-order valence-electron chi connectivity index (χ0n) is 9.05. The molecule has 12 heavy (non-hydrogen) atoms. The molecule has 1 saturated heterocycles. The SMILES string of the molecule is CC1CC(C(C)(C)C)CC(C)O1. The summed E-state index contributed by atoms with van der Waals surface area (Å²) in [6, 6.07) is 0. The Labute approximate surface area is 76.5 Å². The van der Waals surface area contributed by atoms with Crippen LogP contribution in [0, 0.1) is 11.3 Å². The van der Waals surface area contributed by atoms with Crippen molar-refractivity contribution in [3.8, 4) is 0 Å². The average molecular weight is 170 g/mol. The lowest BCUT2D eigenvalue weighted by Crippen LogP contribution is -2.35. The molecule has 1 aliphatic heterocycles. The van der Waals surface area contributed by atoms with E-state index >= 15 is 0 Å². The van der Waals surface area contributed by atoms with Gasteiger partial charge in [0.2, 0.25) is 0 Å². The Hall–Kier alpha value is -0.0400. The highest BCUT2D eigenvalue weighted by molar-refractivity contribution is 4.81. The van der Waals surface area contributed by atoms with E-state index in [0.29, 0.717) is 17.6 Å². The molecule has 0 aromatic heterocycles. The molecule has 0 radical (unpaired) electrons. The maximum Gasteiger partial charge on any atom is 0.0553 e. The first-order valence-electron chi connectivity index (χ1n) is 5.05. The van der Waals surface area contributed by atoms with Crippen molar-refractivity contribution in [3.05, 3.63) is 0 Å². The normalized spacial score (nSPS) is 38.2. The summed E-state index contributed by atoms with van der Waals surface area (Å²) in [5.74, 6) is 0.830. The minimum absolute atomic E-state index is 0.451. The fourth-order valence-corrected chi connectivity index (χ4v) is 2.11. The van der Waals surface area contributed by atoms with Crippen LogP contribution in [0.5, 0.6) is 0 Å².